The summed E-state index contributed by atoms with van der Waals surface area (Å²) >= 11 is 0. The summed E-state index contributed by atoms with van der Waals surface area (Å²) in [6, 6.07) is 0.0220. The molecule has 0 spiro atoms. The van der Waals surface area contributed by atoms with Crippen LogP contribution in [0.5, 0.6) is 0 Å². The highest BCUT2D eigenvalue weighted by Crippen LogP contribution is 2.15. The Morgan fingerprint density at radius 2 is 2.36 bits per heavy atom. The zero-order chi connectivity index (χ0) is 8.27. The summed E-state index contributed by atoms with van der Waals surface area (Å²) in [4.78, 5) is 3.98. The normalized spacial score (nSPS) is 13.8. The molecule has 0 radical (unpaired) electrons. The van der Waals surface area contributed by atoms with Crippen molar-refractivity contribution in [1.82, 2.24) is 4.98 Å². The van der Waals surface area contributed by atoms with Crippen molar-refractivity contribution in [3.05, 3.63) is 18.4 Å². The highest BCUT2D eigenvalue weighted by Gasteiger charge is 2.09. The number of hydrogen-bond donors (Lipinski definition) is 1. The van der Waals surface area contributed by atoms with Crippen LogP contribution in [0.15, 0.2) is 17.1 Å². The maximum absolute atomic E-state index is 5.82. The topological polar surface area (TPSA) is 52.0 Å². The molecule has 1 aromatic rings. The molecule has 1 rings (SSSR count). The summed E-state index contributed by atoms with van der Waals surface area (Å²) in [6.07, 6.45) is 3.97. The Labute approximate surface area is 66.6 Å². The van der Waals surface area contributed by atoms with E-state index in [1.54, 1.807) is 6.26 Å². The average molecular weight is 154 g/mol. The second-order valence-corrected chi connectivity index (χ2v) is 3.15. The molecular weight excluding hydrogens is 140 g/mol. The molecule has 0 bridgehead atoms. The van der Waals surface area contributed by atoms with Crippen molar-refractivity contribution < 1.29 is 4.42 Å². The number of hydrogen-bond acceptors (Lipinski definition) is 3. The summed E-state index contributed by atoms with van der Waals surface area (Å²) in [7, 11) is 0. The van der Waals surface area contributed by atoms with E-state index in [1.165, 1.54) is 6.39 Å². The van der Waals surface area contributed by atoms with Crippen molar-refractivity contribution in [3.63, 3.8) is 0 Å². The van der Waals surface area contributed by atoms with E-state index in [4.69, 9.17) is 10.2 Å². The fraction of sp³-hybridized carbons (Fsp3) is 0.625. The second kappa shape index (κ2) is 3.53. The minimum atomic E-state index is 0.0220. The van der Waals surface area contributed by atoms with Crippen molar-refractivity contribution >= 4 is 0 Å². The Bertz CT molecular complexity index is 194. The first-order chi connectivity index (χ1) is 5.20. The predicted molar refractivity (Wildman–Crippen MR) is 42.9 cm³/mol. The van der Waals surface area contributed by atoms with Crippen molar-refractivity contribution in [2.75, 3.05) is 0 Å². The molecule has 0 saturated heterocycles. The first kappa shape index (κ1) is 8.27. The van der Waals surface area contributed by atoms with Crippen molar-refractivity contribution in [1.29, 1.82) is 0 Å². The Balaban J connectivity index is 2.49. The molecule has 0 amide bonds. The zero-order valence-corrected chi connectivity index (χ0v) is 6.95. The Hall–Kier alpha value is -0.830. The number of nitrogens with two attached hydrogens (primary N) is 1. The molecule has 2 N–H and O–H groups in total. The number of aromatic nitrogens is 1. The molecule has 3 heteroatoms. The Morgan fingerprint density at radius 3 is 2.82 bits per heavy atom. The quantitative estimate of drug-likeness (QED) is 0.721. The van der Waals surface area contributed by atoms with Gasteiger partial charge in [0.25, 0.3) is 0 Å². The van der Waals surface area contributed by atoms with Gasteiger partial charge in [-0.15, -0.1) is 0 Å². The van der Waals surface area contributed by atoms with E-state index in [0.29, 0.717) is 5.92 Å². The minimum absolute atomic E-state index is 0.0220. The average Bonchev–Trinajstić information content (AvgIpc) is 2.35. The fourth-order valence-corrected chi connectivity index (χ4v) is 1.03. The van der Waals surface area contributed by atoms with Gasteiger partial charge >= 0.3 is 0 Å². The van der Waals surface area contributed by atoms with Crippen LogP contribution in [0.4, 0.5) is 0 Å². The predicted octanol–water partition coefficient (Wildman–Crippen LogP) is 1.72. The largest absolute Gasteiger partial charge is 0.451 e. The fourth-order valence-electron chi connectivity index (χ4n) is 1.03. The van der Waals surface area contributed by atoms with Crippen LogP contribution in [0.1, 0.15) is 32.0 Å². The van der Waals surface area contributed by atoms with Crippen LogP contribution >= 0.6 is 0 Å². The maximum Gasteiger partial charge on any atom is 0.180 e. The molecular formula is C8H14N2O. The Morgan fingerprint density at radius 1 is 1.64 bits per heavy atom. The van der Waals surface area contributed by atoms with Crippen LogP contribution < -0.4 is 5.73 Å². The van der Waals surface area contributed by atoms with Crippen molar-refractivity contribution in [3.8, 4) is 0 Å². The van der Waals surface area contributed by atoms with E-state index in [1.807, 2.05) is 0 Å². The highest BCUT2D eigenvalue weighted by molar-refractivity contribution is 4.98. The van der Waals surface area contributed by atoms with Gasteiger partial charge in [-0.25, -0.2) is 4.98 Å². The van der Waals surface area contributed by atoms with Crippen LogP contribution in [0, 0.1) is 5.92 Å². The van der Waals surface area contributed by atoms with Crippen molar-refractivity contribution in [2.45, 2.75) is 26.3 Å². The standard InChI is InChI=1S/C8H14N2O/c1-6(2)3-7(9)8-4-11-5-10-8/h4-7H,3,9H2,1-2H3/t7-/m1/s1. The minimum Gasteiger partial charge on any atom is -0.451 e. The molecule has 0 aliphatic rings. The number of oxazole rings is 1. The lowest BCUT2D eigenvalue weighted by molar-refractivity contribution is 0.498. The lowest BCUT2D eigenvalue weighted by Crippen LogP contribution is -2.12. The first-order valence-corrected chi connectivity index (χ1v) is 3.84. The maximum atomic E-state index is 5.82. The van der Waals surface area contributed by atoms with Crippen LogP contribution in [0.2, 0.25) is 0 Å². The van der Waals surface area contributed by atoms with Crippen LogP contribution in [-0.4, -0.2) is 4.98 Å². The first-order valence-electron chi connectivity index (χ1n) is 3.84. The van der Waals surface area contributed by atoms with Crippen molar-refractivity contribution in [2.24, 2.45) is 11.7 Å². The number of nitrogens with zero attached hydrogens (tertiary/aromatic N) is 1. The van der Waals surface area contributed by atoms with E-state index in [0.717, 1.165) is 12.1 Å². The van der Waals surface area contributed by atoms with Gasteiger partial charge < -0.3 is 10.2 Å². The third-order valence-electron chi connectivity index (χ3n) is 1.56. The van der Waals surface area contributed by atoms with E-state index in [9.17, 15) is 0 Å². The van der Waals surface area contributed by atoms with E-state index in [-0.39, 0.29) is 6.04 Å². The third kappa shape index (κ3) is 2.35. The lowest BCUT2D eigenvalue weighted by Gasteiger charge is -2.09. The lowest BCUT2D eigenvalue weighted by atomic mass is 10.0. The molecule has 11 heavy (non-hydrogen) atoms. The van der Waals surface area contributed by atoms with Gasteiger partial charge in [0.15, 0.2) is 6.39 Å². The third-order valence-corrected chi connectivity index (χ3v) is 1.56. The molecule has 1 heterocycles. The second-order valence-electron chi connectivity index (χ2n) is 3.15. The Kier molecular flexibility index (Phi) is 2.65. The molecule has 0 aliphatic heterocycles. The SMILES string of the molecule is CC(C)C[C@@H](N)c1cocn1. The van der Waals surface area contributed by atoms with E-state index in [2.05, 4.69) is 18.8 Å². The van der Waals surface area contributed by atoms with E-state index < -0.39 is 0 Å². The van der Waals surface area contributed by atoms with Gasteiger partial charge in [-0.3, -0.25) is 0 Å². The van der Waals surface area contributed by atoms with Crippen LogP contribution in [0.3, 0.4) is 0 Å². The molecule has 0 aliphatic carbocycles. The summed E-state index contributed by atoms with van der Waals surface area (Å²) in [5.41, 5.74) is 6.66. The molecule has 0 saturated carbocycles. The van der Waals surface area contributed by atoms with Gasteiger partial charge in [0.2, 0.25) is 0 Å². The smallest absolute Gasteiger partial charge is 0.180 e. The van der Waals surface area contributed by atoms with E-state index >= 15 is 0 Å². The zero-order valence-electron chi connectivity index (χ0n) is 6.95. The molecule has 3 nitrogen and oxygen atoms in total. The van der Waals surface area contributed by atoms with Gasteiger partial charge in [-0.1, -0.05) is 13.8 Å². The van der Waals surface area contributed by atoms with Crippen LogP contribution in [-0.2, 0) is 0 Å². The van der Waals surface area contributed by atoms with Gasteiger partial charge in [-0.05, 0) is 12.3 Å². The summed E-state index contributed by atoms with van der Waals surface area (Å²) in [6.45, 7) is 4.28. The monoisotopic (exact) mass is 154 g/mol. The summed E-state index contributed by atoms with van der Waals surface area (Å²) in [5.74, 6) is 0.599. The van der Waals surface area contributed by atoms with Gasteiger partial charge in [0.1, 0.15) is 6.26 Å². The molecule has 1 aromatic heterocycles. The van der Waals surface area contributed by atoms with Gasteiger partial charge in [0, 0.05) is 0 Å². The molecule has 0 aromatic carbocycles. The highest BCUT2D eigenvalue weighted by atomic mass is 16.3. The number of rotatable bonds is 3. The van der Waals surface area contributed by atoms with Gasteiger partial charge in [-0.2, -0.15) is 0 Å². The molecule has 62 valence electrons. The summed E-state index contributed by atoms with van der Waals surface area (Å²) in [5, 5.41) is 0. The van der Waals surface area contributed by atoms with Gasteiger partial charge in [0.05, 0.1) is 11.7 Å². The summed E-state index contributed by atoms with van der Waals surface area (Å²) < 4.78 is 4.83. The molecule has 1 atom stereocenters. The molecule has 0 fully saturated rings. The van der Waals surface area contributed by atoms with Crippen LogP contribution in [0.25, 0.3) is 0 Å². The molecule has 0 unspecified atom stereocenters.